The van der Waals surface area contributed by atoms with E-state index in [1.165, 1.54) is 5.56 Å². The van der Waals surface area contributed by atoms with Crippen molar-refractivity contribution in [3.63, 3.8) is 0 Å². The number of nitrogens with one attached hydrogen (secondary N) is 1. The highest BCUT2D eigenvalue weighted by atomic mass is 32.1. The summed E-state index contributed by atoms with van der Waals surface area (Å²) in [6.07, 6.45) is 0. The third-order valence-electron chi connectivity index (χ3n) is 2.90. The molecule has 0 fully saturated rings. The lowest BCUT2D eigenvalue weighted by atomic mass is 10.2. The molecule has 1 heterocycles. The molecule has 0 aliphatic rings. The molecule has 0 atom stereocenters. The summed E-state index contributed by atoms with van der Waals surface area (Å²) in [4.78, 5) is 0. The number of anilines is 1. The Morgan fingerprint density at radius 1 is 0.900 bits per heavy atom. The van der Waals surface area contributed by atoms with Crippen molar-refractivity contribution >= 4 is 17.0 Å². The van der Waals surface area contributed by atoms with Crippen molar-refractivity contribution in [2.24, 2.45) is 0 Å². The van der Waals surface area contributed by atoms with Crippen molar-refractivity contribution in [3.05, 3.63) is 77.0 Å². The summed E-state index contributed by atoms with van der Waals surface area (Å²) in [5.41, 5.74) is 2.36. The molecular formula is C17H15NOS. The Morgan fingerprint density at radius 2 is 1.75 bits per heavy atom. The number of rotatable bonds is 5. The maximum atomic E-state index is 5.83. The Hall–Kier alpha value is -2.26. The molecule has 3 heteroatoms. The lowest BCUT2D eigenvalue weighted by Gasteiger charge is -2.08. The topological polar surface area (TPSA) is 21.3 Å². The first kappa shape index (κ1) is 12.8. The quantitative estimate of drug-likeness (QED) is 0.698. The first-order valence-electron chi connectivity index (χ1n) is 6.48. The molecule has 1 N–H and O–H groups in total. The van der Waals surface area contributed by atoms with Gasteiger partial charge in [0.15, 0.2) is 0 Å². The van der Waals surface area contributed by atoms with Crippen molar-refractivity contribution in [1.82, 2.24) is 0 Å². The zero-order valence-electron chi connectivity index (χ0n) is 11.0. The van der Waals surface area contributed by atoms with Crippen molar-refractivity contribution in [1.29, 1.82) is 0 Å². The molecule has 1 aromatic heterocycles. The highest BCUT2D eigenvalue weighted by Crippen LogP contribution is 2.22. The van der Waals surface area contributed by atoms with Gasteiger partial charge in [0.2, 0.25) is 0 Å². The first-order chi connectivity index (χ1) is 9.90. The average Bonchev–Trinajstić information content (AvgIpc) is 3.00. The van der Waals surface area contributed by atoms with E-state index in [1.54, 1.807) is 11.3 Å². The minimum absolute atomic E-state index is 0.794. The number of hydrogen-bond acceptors (Lipinski definition) is 3. The fourth-order valence-electron chi connectivity index (χ4n) is 1.91. The predicted molar refractivity (Wildman–Crippen MR) is 84.6 cm³/mol. The monoisotopic (exact) mass is 281 g/mol. The molecule has 3 rings (SSSR count). The molecule has 0 saturated heterocycles. The van der Waals surface area contributed by atoms with Crippen molar-refractivity contribution in [2.75, 3.05) is 5.32 Å². The van der Waals surface area contributed by atoms with Crippen molar-refractivity contribution in [2.45, 2.75) is 6.54 Å². The van der Waals surface area contributed by atoms with Gasteiger partial charge in [0.1, 0.15) is 11.5 Å². The van der Waals surface area contributed by atoms with Crippen LogP contribution in [-0.2, 0) is 6.54 Å². The van der Waals surface area contributed by atoms with Crippen LogP contribution < -0.4 is 10.1 Å². The van der Waals surface area contributed by atoms with Crippen LogP contribution in [0.25, 0.3) is 0 Å². The second-order valence-electron chi connectivity index (χ2n) is 4.43. The third-order valence-corrected chi connectivity index (χ3v) is 3.58. The van der Waals surface area contributed by atoms with E-state index in [0.29, 0.717) is 0 Å². The fourth-order valence-corrected chi connectivity index (χ4v) is 2.52. The number of hydrogen-bond donors (Lipinski definition) is 1. The number of ether oxygens (including phenoxy) is 1. The van der Waals surface area contributed by atoms with Crippen LogP contribution >= 0.6 is 11.3 Å². The smallest absolute Gasteiger partial charge is 0.127 e. The van der Waals surface area contributed by atoms with E-state index in [2.05, 4.69) is 34.3 Å². The molecule has 0 aliphatic heterocycles. The van der Waals surface area contributed by atoms with Gasteiger partial charge in [-0.05, 0) is 41.3 Å². The van der Waals surface area contributed by atoms with Crippen LogP contribution in [0.1, 0.15) is 5.56 Å². The first-order valence-corrected chi connectivity index (χ1v) is 7.42. The zero-order chi connectivity index (χ0) is 13.6. The maximum absolute atomic E-state index is 5.83. The van der Waals surface area contributed by atoms with Crippen molar-refractivity contribution in [3.8, 4) is 11.5 Å². The maximum Gasteiger partial charge on any atom is 0.127 e. The second-order valence-corrected chi connectivity index (χ2v) is 5.21. The summed E-state index contributed by atoms with van der Waals surface area (Å²) in [7, 11) is 0. The van der Waals surface area contributed by atoms with Gasteiger partial charge in [0.05, 0.1) is 0 Å². The highest BCUT2D eigenvalue weighted by Gasteiger charge is 1.99. The zero-order valence-corrected chi connectivity index (χ0v) is 11.8. The van der Waals surface area contributed by atoms with Crippen LogP contribution in [0.3, 0.4) is 0 Å². The Balaban J connectivity index is 1.66. The van der Waals surface area contributed by atoms with Gasteiger partial charge < -0.3 is 10.1 Å². The average molecular weight is 281 g/mol. The van der Waals surface area contributed by atoms with Gasteiger partial charge in [-0.3, -0.25) is 0 Å². The van der Waals surface area contributed by atoms with E-state index in [0.717, 1.165) is 23.7 Å². The number of para-hydroxylation sites is 1. The van der Waals surface area contributed by atoms with E-state index < -0.39 is 0 Å². The van der Waals surface area contributed by atoms with Crippen LogP contribution in [0, 0.1) is 0 Å². The van der Waals surface area contributed by atoms with Crippen LogP contribution in [-0.4, -0.2) is 0 Å². The number of benzene rings is 2. The van der Waals surface area contributed by atoms with Crippen LogP contribution in [0.5, 0.6) is 11.5 Å². The molecular weight excluding hydrogens is 266 g/mol. The standard InChI is InChI=1S/C17H15NOS/c1-2-6-16(7-3-1)19-17-8-4-5-14(11-17)12-18-15-9-10-20-13-15/h1-11,13,18H,12H2. The summed E-state index contributed by atoms with van der Waals surface area (Å²) in [6, 6.07) is 20.1. The van der Waals surface area contributed by atoms with Gasteiger partial charge in [-0.2, -0.15) is 11.3 Å². The Morgan fingerprint density at radius 3 is 2.55 bits per heavy atom. The number of thiophene rings is 1. The largest absolute Gasteiger partial charge is 0.457 e. The van der Waals surface area contributed by atoms with Crippen LogP contribution in [0.15, 0.2) is 71.4 Å². The summed E-state index contributed by atoms with van der Waals surface area (Å²) >= 11 is 1.69. The van der Waals surface area contributed by atoms with E-state index in [1.807, 2.05) is 42.5 Å². The molecule has 0 saturated carbocycles. The minimum atomic E-state index is 0.794. The molecule has 0 unspecified atom stereocenters. The predicted octanol–water partition coefficient (Wildman–Crippen LogP) is 5.15. The van der Waals surface area contributed by atoms with Crippen molar-refractivity contribution < 1.29 is 4.74 Å². The van der Waals surface area contributed by atoms with E-state index in [-0.39, 0.29) is 0 Å². The lowest BCUT2D eigenvalue weighted by Crippen LogP contribution is -1.98. The summed E-state index contributed by atoms with van der Waals surface area (Å²) in [5, 5.41) is 7.56. The Kier molecular flexibility index (Phi) is 3.99. The normalized spacial score (nSPS) is 10.2. The molecule has 0 amide bonds. The van der Waals surface area contributed by atoms with Crippen LogP contribution in [0.2, 0.25) is 0 Å². The fraction of sp³-hybridized carbons (Fsp3) is 0.0588. The van der Waals surface area contributed by atoms with E-state index in [4.69, 9.17) is 4.74 Å². The lowest BCUT2D eigenvalue weighted by molar-refractivity contribution is 0.482. The van der Waals surface area contributed by atoms with E-state index >= 15 is 0 Å². The molecule has 0 radical (unpaired) electrons. The minimum Gasteiger partial charge on any atom is -0.457 e. The summed E-state index contributed by atoms with van der Waals surface area (Å²) < 4.78 is 5.83. The SMILES string of the molecule is c1ccc(Oc2cccc(CNc3ccsc3)c2)cc1. The molecule has 0 bridgehead atoms. The Bertz CT molecular complexity index is 650. The summed E-state index contributed by atoms with van der Waals surface area (Å²) in [6.45, 7) is 0.794. The van der Waals surface area contributed by atoms with Gasteiger partial charge in [-0.15, -0.1) is 0 Å². The molecule has 3 aromatic rings. The molecule has 20 heavy (non-hydrogen) atoms. The molecule has 100 valence electrons. The molecule has 2 nitrogen and oxygen atoms in total. The third kappa shape index (κ3) is 3.39. The molecule has 0 spiro atoms. The molecule has 0 aliphatic carbocycles. The summed E-state index contributed by atoms with van der Waals surface area (Å²) in [5.74, 6) is 1.72. The second kappa shape index (κ2) is 6.26. The Labute approximate surface area is 122 Å². The molecule has 2 aromatic carbocycles. The highest BCUT2D eigenvalue weighted by molar-refractivity contribution is 7.08. The van der Waals surface area contributed by atoms with Gasteiger partial charge >= 0.3 is 0 Å². The van der Waals surface area contributed by atoms with Gasteiger partial charge in [-0.1, -0.05) is 30.3 Å². The van der Waals surface area contributed by atoms with E-state index in [9.17, 15) is 0 Å². The van der Waals surface area contributed by atoms with Gasteiger partial charge in [0.25, 0.3) is 0 Å². The van der Waals surface area contributed by atoms with Gasteiger partial charge in [-0.25, -0.2) is 0 Å². The van der Waals surface area contributed by atoms with Gasteiger partial charge in [0, 0.05) is 17.6 Å². The van der Waals surface area contributed by atoms with Crippen LogP contribution in [0.4, 0.5) is 5.69 Å².